The van der Waals surface area contributed by atoms with Gasteiger partial charge in [-0.25, -0.2) is 13.1 Å². The first-order valence-corrected chi connectivity index (χ1v) is 9.51. The first kappa shape index (κ1) is 18.8. The van der Waals surface area contributed by atoms with Crippen molar-refractivity contribution in [3.63, 3.8) is 0 Å². The van der Waals surface area contributed by atoms with Crippen molar-refractivity contribution in [3.05, 3.63) is 28.7 Å². The minimum Gasteiger partial charge on any atom is -0.367 e. The molecule has 0 radical (unpaired) electrons. The van der Waals surface area contributed by atoms with Gasteiger partial charge in [-0.2, -0.15) is 0 Å². The normalized spacial score (nSPS) is 18.4. The highest BCUT2D eigenvalue weighted by Crippen LogP contribution is 2.14. The highest BCUT2D eigenvalue weighted by molar-refractivity contribution is 9.10. The Morgan fingerprint density at radius 2 is 2.00 bits per heavy atom. The molecule has 24 heavy (non-hydrogen) atoms. The lowest BCUT2D eigenvalue weighted by atomic mass is 10.2. The SMILES string of the molecule is NC(=O)C1CN(C(=O)CCNS(=O)(=O)c2ccc(Br)cc2)CCO1. The molecule has 1 fully saturated rings. The van der Waals surface area contributed by atoms with E-state index in [0.29, 0.717) is 6.54 Å². The zero-order valence-electron chi connectivity index (χ0n) is 12.8. The highest BCUT2D eigenvalue weighted by atomic mass is 79.9. The Bertz CT molecular complexity index is 708. The van der Waals surface area contributed by atoms with E-state index in [4.69, 9.17) is 10.5 Å². The molecule has 1 atom stereocenters. The number of rotatable bonds is 6. The molecule has 0 aliphatic carbocycles. The number of primary amides is 1. The first-order chi connectivity index (χ1) is 11.3. The quantitative estimate of drug-likeness (QED) is 0.663. The lowest BCUT2D eigenvalue weighted by Crippen LogP contribution is -2.50. The molecule has 1 saturated heterocycles. The third kappa shape index (κ3) is 5.00. The van der Waals surface area contributed by atoms with Gasteiger partial charge in [0, 0.05) is 24.0 Å². The van der Waals surface area contributed by atoms with Crippen LogP contribution in [0.5, 0.6) is 0 Å². The van der Waals surface area contributed by atoms with Gasteiger partial charge in [0.15, 0.2) is 6.10 Å². The number of hydrogen-bond acceptors (Lipinski definition) is 5. The van der Waals surface area contributed by atoms with Gasteiger partial charge in [-0.3, -0.25) is 9.59 Å². The molecule has 0 spiro atoms. The van der Waals surface area contributed by atoms with Crippen molar-refractivity contribution in [3.8, 4) is 0 Å². The van der Waals surface area contributed by atoms with Gasteiger partial charge in [-0.1, -0.05) is 15.9 Å². The number of nitrogens with two attached hydrogens (primary N) is 1. The molecule has 1 aliphatic heterocycles. The van der Waals surface area contributed by atoms with Crippen LogP contribution in [0, 0.1) is 0 Å². The van der Waals surface area contributed by atoms with Crippen LogP contribution < -0.4 is 10.5 Å². The second-order valence-electron chi connectivity index (χ2n) is 5.20. The molecular weight excluding hydrogens is 402 g/mol. The maximum Gasteiger partial charge on any atom is 0.248 e. The number of amides is 2. The summed E-state index contributed by atoms with van der Waals surface area (Å²) in [6.45, 7) is 0.634. The van der Waals surface area contributed by atoms with Crippen molar-refractivity contribution in [2.24, 2.45) is 5.73 Å². The van der Waals surface area contributed by atoms with Crippen molar-refractivity contribution in [1.29, 1.82) is 0 Å². The number of ether oxygens (including phenoxy) is 1. The van der Waals surface area contributed by atoms with E-state index in [-0.39, 0.29) is 36.9 Å². The molecule has 1 unspecified atom stereocenters. The topological polar surface area (TPSA) is 119 Å². The summed E-state index contributed by atoms with van der Waals surface area (Å²) < 4.78 is 32.5. The summed E-state index contributed by atoms with van der Waals surface area (Å²) in [5, 5.41) is 0. The number of halogens is 1. The van der Waals surface area contributed by atoms with Crippen LogP contribution in [0.25, 0.3) is 0 Å². The number of carbonyl (C=O) groups excluding carboxylic acids is 2. The predicted octanol–water partition coefficient (Wildman–Crippen LogP) is -0.170. The fourth-order valence-electron chi connectivity index (χ4n) is 2.20. The average Bonchev–Trinajstić information content (AvgIpc) is 2.55. The molecule has 132 valence electrons. The molecule has 3 N–H and O–H groups in total. The van der Waals surface area contributed by atoms with Crippen LogP contribution in [0.2, 0.25) is 0 Å². The van der Waals surface area contributed by atoms with Crippen LogP contribution in [-0.2, 0) is 24.3 Å². The van der Waals surface area contributed by atoms with Crippen molar-refractivity contribution in [1.82, 2.24) is 9.62 Å². The molecule has 8 nitrogen and oxygen atoms in total. The summed E-state index contributed by atoms with van der Waals surface area (Å²) in [6.07, 6.45) is -0.830. The van der Waals surface area contributed by atoms with Gasteiger partial charge in [0.25, 0.3) is 0 Å². The van der Waals surface area contributed by atoms with E-state index in [0.717, 1.165) is 4.47 Å². The van der Waals surface area contributed by atoms with E-state index in [9.17, 15) is 18.0 Å². The number of carbonyl (C=O) groups is 2. The molecule has 0 aromatic heterocycles. The summed E-state index contributed by atoms with van der Waals surface area (Å²) in [6, 6.07) is 6.18. The maximum atomic E-state index is 12.1. The molecule has 1 aromatic carbocycles. The molecule has 1 aliphatic rings. The summed E-state index contributed by atoms with van der Waals surface area (Å²) in [5.41, 5.74) is 5.16. The molecule has 0 saturated carbocycles. The number of sulfonamides is 1. The van der Waals surface area contributed by atoms with E-state index < -0.39 is 22.0 Å². The standard InChI is InChI=1S/C14H18BrN3O5S/c15-10-1-3-11(4-2-10)24(21,22)17-6-5-13(19)18-7-8-23-12(9-18)14(16)20/h1-4,12,17H,5-9H2,(H2,16,20). The van der Waals surface area contributed by atoms with Gasteiger partial charge in [0.1, 0.15) is 0 Å². The van der Waals surface area contributed by atoms with E-state index in [1.807, 2.05) is 0 Å². The Morgan fingerprint density at radius 1 is 1.33 bits per heavy atom. The van der Waals surface area contributed by atoms with Gasteiger partial charge in [-0.05, 0) is 24.3 Å². The summed E-state index contributed by atoms with van der Waals surface area (Å²) >= 11 is 3.23. The Morgan fingerprint density at radius 3 is 2.62 bits per heavy atom. The van der Waals surface area contributed by atoms with Gasteiger partial charge in [0.05, 0.1) is 18.0 Å². The van der Waals surface area contributed by atoms with E-state index >= 15 is 0 Å². The van der Waals surface area contributed by atoms with Crippen LogP contribution in [0.3, 0.4) is 0 Å². The second kappa shape index (κ2) is 8.06. The molecule has 2 amide bonds. The van der Waals surface area contributed by atoms with Crippen molar-refractivity contribution >= 4 is 37.8 Å². The Hall–Kier alpha value is -1.49. The molecule has 10 heteroatoms. The third-order valence-electron chi connectivity index (χ3n) is 3.49. The lowest BCUT2D eigenvalue weighted by Gasteiger charge is -2.31. The summed E-state index contributed by atoms with van der Waals surface area (Å²) in [5.74, 6) is -0.883. The zero-order valence-corrected chi connectivity index (χ0v) is 15.2. The van der Waals surface area contributed by atoms with Crippen molar-refractivity contribution < 1.29 is 22.7 Å². The minimum absolute atomic E-state index is 0.0127. The lowest BCUT2D eigenvalue weighted by molar-refractivity contribution is -0.145. The minimum atomic E-state index is -3.67. The first-order valence-electron chi connectivity index (χ1n) is 7.23. The van der Waals surface area contributed by atoms with E-state index in [1.165, 1.54) is 17.0 Å². The van der Waals surface area contributed by atoms with Gasteiger partial charge >= 0.3 is 0 Å². The molecule has 1 aromatic rings. The number of benzene rings is 1. The average molecular weight is 420 g/mol. The number of nitrogens with zero attached hydrogens (tertiary/aromatic N) is 1. The Labute approximate surface area is 148 Å². The molecular formula is C14H18BrN3O5S. The molecule has 2 rings (SSSR count). The van der Waals surface area contributed by atoms with Crippen molar-refractivity contribution in [2.45, 2.75) is 17.4 Å². The summed E-state index contributed by atoms with van der Waals surface area (Å²) in [4.78, 5) is 24.8. The van der Waals surface area contributed by atoms with E-state index in [1.54, 1.807) is 12.1 Å². The smallest absolute Gasteiger partial charge is 0.248 e. The zero-order chi connectivity index (χ0) is 17.7. The van der Waals surface area contributed by atoms with Crippen LogP contribution in [0.1, 0.15) is 6.42 Å². The van der Waals surface area contributed by atoms with Crippen LogP contribution in [-0.4, -0.2) is 57.5 Å². The predicted molar refractivity (Wildman–Crippen MR) is 89.5 cm³/mol. The number of morpholine rings is 1. The fourth-order valence-corrected chi connectivity index (χ4v) is 3.49. The number of hydrogen-bond donors (Lipinski definition) is 2. The van der Waals surface area contributed by atoms with Gasteiger partial charge in [-0.15, -0.1) is 0 Å². The van der Waals surface area contributed by atoms with Crippen molar-refractivity contribution in [2.75, 3.05) is 26.2 Å². The Kier molecular flexibility index (Phi) is 6.33. The third-order valence-corrected chi connectivity index (χ3v) is 5.50. The number of nitrogens with one attached hydrogen (secondary N) is 1. The molecule has 1 heterocycles. The van der Waals surface area contributed by atoms with E-state index in [2.05, 4.69) is 20.7 Å². The monoisotopic (exact) mass is 419 g/mol. The maximum absolute atomic E-state index is 12.1. The second-order valence-corrected chi connectivity index (χ2v) is 7.89. The largest absolute Gasteiger partial charge is 0.367 e. The van der Waals surface area contributed by atoms with Gasteiger partial charge < -0.3 is 15.4 Å². The molecule has 0 bridgehead atoms. The fraction of sp³-hybridized carbons (Fsp3) is 0.429. The van der Waals surface area contributed by atoms with Crippen LogP contribution >= 0.6 is 15.9 Å². The van der Waals surface area contributed by atoms with Gasteiger partial charge in [0.2, 0.25) is 21.8 Å². The Balaban J connectivity index is 1.85. The van der Waals surface area contributed by atoms with Crippen LogP contribution in [0.15, 0.2) is 33.6 Å². The van der Waals surface area contributed by atoms with Crippen LogP contribution in [0.4, 0.5) is 0 Å². The summed E-state index contributed by atoms with van der Waals surface area (Å²) in [7, 11) is -3.67. The highest BCUT2D eigenvalue weighted by Gasteiger charge is 2.27.